The van der Waals surface area contributed by atoms with Gasteiger partial charge in [-0.2, -0.15) is 12.0 Å². The van der Waals surface area contributed by atoms with Crippen LogP contribution in [0.5, 0.6) is 0 Å². The third-order valence-electron chi connectivity index (χ3n) is 4.65. The molecule has 0 unspecified atom stereocenters. The number of allylic oxidation sites excluding steroid dienone is 1. The number of hydrogen-bond donors (Lipinski definition) is 1. The summed E-state index contributed by atoms with van der Waals surface area (Å²) >= 11 is 0. The standard InChI is InChI=1S/C20H21N.C5H10NO.C2H6.K/c1-15(2)13-19-10-11-20(14-16(19)3)18-8-6-17(7-9-18)5-4-12-21;1-2-4-7-5-6-3-1;1-2;/h6-11,14H,1,4-5,13H2,2-3H3;5-6H,1-4H2;1-2H3;/q;-1;;+1. The van der Waals surface area contributed by atoms with Crippen LogP contribution in [0, 0.1) is 25.0 Å². The number of benzene rings is 2. The van der Waals surface area contributed by atoms with E-state index in [9.17, 15) is 0 Å². The largest absolute Gasteiger partial charge is 1.00 e. The van der Waals surface area contributed by atoms with Crippen molar-refractivity contribution < 1.29 is 56.1 Å². The van der Waals surface area contributed by atoms with Crippen LogP contribution in [-0.2, 0) is 17.6 Å². The van der Waals surface area contributed by atoms with Crippen molar-refractivity contribution in [3.05, 3.63) is 78.0 Å². The fraction of sp³-hybridized carbons (Fsp3) is 0.407. The van der Waals surface area contributed by atoms with Crippen molar-refractivity contribution in [2.45, 2.75) is 59.8 Å². The van der Waals surface area contributed by atoms with Gasteiger partial charge in [0.25, 0.3) is 0 Å². The van der Waals surface area contributed by atoms with Gasteiger partial charge < -0.3 is 10.1 Å². The fourth-order valence-electron chi connectivity index (χ4n) is 3.05. The Hall–Kier alpha value is -0.774. The second-order valence-electron chi connectivity index (χ2n) is 7.28. The number of nitrogens with one attached hydrogen (secondary N) is 1. The van der Waals surface area contributed by atoms with E-state index in [1.165, 1.54) is 46.2 Å². The Balaban J connectivity index is 0.000000758. The molecule has 0 aromatic heterocycles. The van der Waals surface area contributed by atoms with Gasteiger partial charge in [-0.25, -0.2) is 0 Å². The zero-order chi connectivity index (χ0) is 22.2. The van der Waals surface area contributed by atoms with Crippen LogP contribution >= 0.6 is 0 Å². The Morgan fingerprint density at radius 1 is 1.13 bits per heavy atom. The molecule has 0 atom stereocenters. The van der Waals surface area contributed by atoms with Gasteiger partial charge in [-0.3, -0.25) is 0 Å². The molecular weight excluding hydrogens is 407 g/mol. The van der Waals surface area contributed by atoms with Crippen molar-refractivity contribution in [3.8, 4) is 17.2 Å². The molecule has 1 aliphatic rings. The topological polar surface area (TPSA) is 45.0 Å². The molecule has 2 aromatic rings. The van der Waals surface area contributed by atoms with Crippen molar-refractivity contribution in [1.29, 1.82) is 5.26 Å². The Morgan fingerprint density at radius 2 is 1.81 bits per heavy atom. The van der Waals surface area contributed by atoms with Gasteiger partial charge in [-0.05, 0) is 73.9 Å². The van der Waals surface area contributed by atoms with E-state index in [1.54, 1.807) is 6.73 Å². The van der Waals surface area contributed by atoms with E-state index in [1.807, 2.05) is 13.8 Å². The van der Waals surface area contributed by atoms with E-state index >= 15 is 0 Å². The first-order valence-electron chi connectivity index (χ1n) is 11.0. The van der Waals surface area contributed by atoms with E-state index < -0.39 is 0 Å². The second kappa shape index (κ2) is 18.8. The van der Waals surface area contributed by atoms with Crippen LogP contribution < -0.4 is 56.7 Å². The summed E-state index contributed by atoms with van der Waals surface area (Å²) in [4.78, 5) is 0. The third-order valence-corrected chi connectivity index (χ3v) is 4.65. The third kappa shape index (κ3) is 12.7. The molecule has 3 rings (SSSR count). The summed E-state index contributed by atoms with van der Waals surface area (Å²) in [5, 5.41) is 11.6. The predicted molar refractivity (Wildman–Crippen MR) is 128 cm³/mol. The van der Waals surface area contributed by atoms with Crippen molar-refractivity contribution in [2.75, 3.05) is 13.2 Å². The van der Waals surface area contributed by atoms with Crippen LogP contribution in [0.15, 0.2) is 54.6 Å². The maximum Gasteiger partial charge on any atom is 1.00 e. The molecule has 1 aliphatic heterocycles. The van der Waals surface area contributed by atoms with Gasteiger partial charge in [0, 0.05) is 13.0 Å². The summed E-state index contributed by atoms with van der Waals surface area (Å²) in [6, 6.07) is 17.3. The maximum atomic E-state index is 8.62. The molecule has 0 spiro atoms. The average Bonchev–Trinajstić information content (AvgIpc) is 3.09. The summed E-state index contributed by atoms with van der Waals surface area (Å²) < 4.78 is 4.96. The Labute approximate surface area is 232 Å². The van der Waals surface area contributed by atoms with E-state index in [0.717, 1.165) is 26.0 Å². The van der Waals surface area contributed by atoms with Gasteiger partial charge >= 0.3 is 51.4 Å². The van der Waals surface area contributed by atoms with Gasteiger partial charge in [0.05, 0.1) is 6.07 Å². The molecule has 162 valence electrons. The molecule has 0 radical (unpaired) electrons. The summed E-state index contributed by atoms with van der Waals surface area (Å²) in [7, 11) is 0. The van der Waals surface area contributed by atoms with Crippen molar-refractivity contribution in [2.24, 2.45) is 0 Å². The minimum Gasteiger partial charge on any atom is -0.537 e. The minimum atomic E-state index is 0. The summed E-state index contributed by atoms with van der Waals surface area (Å²) in [5.74, 6) is 0. The van der Waals surface area contributed by atoms with Crippen LogP contribution in [0.4, 0.5) is 0 Å². The van der Waals surface area contributed by atoms with E-state index in [-0.39, 0.29) is 51.4 Å². The zero-order valence-corrected chi connectivity index (χ0v) is 23.3. The Morgan fingerprint density at radius 3 is 2.42 bits per heavy atom. The normalized spacial score (nSPS) is 12.5. The number of hydrogen-bond acceptors (Lipinski definition) is 3. The number of rotatable bonds is 5. The van der Waals surface area contributed by atoms with Gasteiger partial charge in [0.2, 0.25) is 0 Å². The molecule has 3 nitrogen and oxygen atoms in total. The van der Waals surface area contributed by atoms with Gasteiger partial charge in [0.1, 0.15) is 0 Å². The smallest absolute Gasteiger partial charge is 0.537 e. The molecule has 1 heterocycles. The first-order valence-corrected chi connectivity index (χ1v) is 11.0. The SMILES string of the molecule is C=C(C)Cc1ccc(-c2ccc(CCC#N)cc2)cc1C.CC.[CH-]1NCCCCO1.[K+]. The van der Waals surface area contributed by atoms with Crippen molar-refractivity contribution >= 4 is 0 Å². The minimum absolute atomic E-state index is 0. The fourth-order valence-corrected chi connectivity index (χ4v) is 3.05. The van der Waals surface area contributed by atoms with Gasteiger partial charge in [0.15, 0.2) is 0 Å². The van der Waals surface area contributed by atoms with Crippen LogP contribution in [-0.4, -0.2) is 13.2 Å². The van der Waals surface area contributed by atoms with Crippen LogP contribution in [0.1, 0.15) is 56.7 Å². The monoisotopic (exact) mass is 444 g/mol. The Bertz CT molecular complexity index is 774. The van der Waals surface area contributed by atoms with Crippen molar-refractivity contribution in [3.63, 3.8) is 0 Å². The first kappa shape index (κ1) is 30.2. The van der Waals surface area contributed by atoms with E-state index in [4.69, 9.17) is 10.00 Å². The number of nitriles is 1. The Kier molecular flexibility index (Phi) is 18.3. The van der Waals surface area contributed by atoms with Crippen LogP contribution in [0.2, 0.25) is 0 Å². The van der Waals surface area contributed by atoms with Crippen molar-refractivity contribution in [1.82, 2.24) is 5.32 Å². The second-order valence-corrected chi connectivity index (χ2v) is 7.28. The number of nitrogens with zero attached hydrogens (tertiary/aromatic N) is 1. The zero-order valence-electron chi connectivity index (χ0n) is 20.1. The molecule has 31 heavy (non-hydrogen) atoms. The molecule has 1 saturated heterocycles. The van der Waals surface area contributed by atoms with Gasteiger partial charge in [-0.1, -0.05) is 68.5 Å². The quantitative estimate of drug-likeness (QED) is 0.434. The summed E-state index contributed by atoms with van der Waals surface area (Å²) in [6.07, 6.45) is 4.76. The average molecular weight is 445 g/mol. The van der Waals surface area contributed by atoms with Crippen LogP contribution in [0.25, 0.3) is 11.1 Å². The molecular formula is C27H37KN2O. The summed E-state index contributed by atoms with van der Waals surface area (Å²) in [6.45, 7) is 15.8. The van der Waals surface area contributed by atoms with E-state index in [2.05, 4.69) is 74.3 Å². The van der Waals surface area contributed by atoms with Crippen LogP contribution in [0.3, 0.4) is 0 Å². The molecule has 4 heteroatoms. The van der Waals surface area contributed by atoms with Gasteiger partial charge in [-0.15, -0.1) is 0 Å². The summed E-state index contributed by atoms with van der Waals surface area (Å²) in [5.41, 5.74) is 7.52. The molecule has 0 bridgehead atoms. The molecule has 1 fully saturated rings. The predicted octanol–water partition coefficient (Wildman–Crippen LogP) is 3.77. The molecule has 0 aliphatic carbocycles. The molecule has 0 amide bonds. The number of aryl methyl sites for hydroxylation is 2. The maximum absolute atomic E-state index is 8.62. The molecule has 0 saturated carbocycles. The molecule has 1 N–H and O–H groups in total. The van der Waals surface area contributed by atoms with E-state index in [0.29, 0.717) is 6.42 Å². The first-order chi connectivity index (χ1) is 14.6. The molecule has 2 aromatic carbocycles. The number of ether oxygens (including phenoxy) is 1.